The van der Waals surface area contributed by atoms with Gasteiger partial charge >= 0.3 is 0 Å². The van der Waals surface area contributed by atoms with Gasteiger partial charge in [-0.1, -0.05) is 24.6 Å². The zero-order valence-corrected chi connectivity index (χ0v) is 16.1. The van der Waals surface area contributed by atoms with Gasteiger partial charge in [-0.15, -0.1) is 0 Å². The molecular weight excluding hydrogens is 366 g/mol. The van der Waals surface area contributed by atoms with Crippen LogP contribution in [0.5, 0.6) is 0 Å². The minimum absolute atomic E-state index is 0.107. The first kappa shape index (κ1) is 19.2. The summed E-state index contributed by atoms with van der Waals surface area (Å²) in [5, 5.41) is 14.4. The molecule has 1 aliphatic rings. The normalized spacial score (nSPS) is 14.9. The Kier molecular flexibility index (Phi) is 5.65. The standard InChI is InChI=1S/C20H22ClN3O3/c1-13-7-9-23(10-8-13)19-6-4-15(24(26)27)12-16(19)20(25)22-18-5-3-14(2)11-17(18)21/h3-6,11-13H,7-10H2,1-2H3,(H,22,25). The average molecular weight is 388 g/mol. The number of nitro groups is 1. The van der Waals surface area contributed by atoms with Crippen LogP contribution in [0.4, 0.5) is 17.1 Å². The van der Waals surface area contributed by atoms with Crippen LogP contribution in [0.1, 0.15) is 35.7 Å². The maximum absolute atomic E-state index is 12.9. The summed E-state index contributed by atoms with van der Waals surface area (Å²) in [6.45, 7) is 5.77. The highest BCUT2D eigenvalue weighted by Gasteiger charge is 2.24. The van der Waals surface area contributed by atoms with E-state index in [0.29, 0.717) is 22.3 Å². The highest BCUT2D eigenvalue weighted by molar-refractivity contribution is 6.34. The number of non-ortho nitro benzene ring substituents is 1. The number of rotatable bonds is 4. The molecule has 27 heavy (non-hydrogen) atoms. The number of carbonyl (C=O) groups excluding carboxylic acids is 1. The fourth-order valence-electron chi connectivity index (χ4n) is 3.26. The van der Waals surface area contributed by atoms with Gasteiger partial charge in [0.25, 0.3) is 11.6 Å². The third-order valence-electron chi connectivity index (χ3n) is 4.93. The minimum atomic E-state index is -0.488. The molecule has 0 spiro atoms. The zero-order valence-electron chi connectivity index (χ0n) is 15.4. The number of piperidine rings is 1. The lowest BCUT2D eigenvalue weighted by atomic mass is 9.98. The van der Waals surface area contributed by atoms with Crippen LogP contribution in [0, 0.1) is 23.0 Å². The summed E-state index contributed by atoms with van der Waals surface area (Å²) in [6, 6.07) is 9.79. The number of carbonyl (C=O) groups is 1. The van der Waals surface area contributed by atoms with Crippen LogP contribution < -0.4 is 10.2 Å². The lowest BCUT2D eigenvalue weighted by Gasteiger charge is -2.33. The number of anilines is 2. The summed E-state index contributed by atoms with van der Waals surface area (Å²) in [4.78, 5) is 25.8. The predicted octanol–water partition coefficient (Wildman–Crippen LogP) is 5.05. The number of nitrogens with one attached hydrogen (secondary N) is 1. The summed E-state index contributed by atoms with van der Waals surface area (Å²) >= 11 is 6.21. The lowest BCUT2D eigenvalue weighted by molar-refractivity contribution is -0.384. The van der Waals surface area contributed by atoms with Gasteiger partial charge in [-0.2, -0.15) is 0 Å². The lowest BCUT2D eigenvalue weighted by Crippen LogP contribution is -2.34. The monoisotopic (exact) mass is 387 g/mol. The number of amides is 1. The predicted molar refractivity (Wildman–Crippen MR) is 108 cm³/mol. The molecule has 2 aromatic carbocycles. The highest BCUT2D eigenvalue weighted by Crippen LogP contribution is 2.31. The molecule has 1 fully saturated rings. The summed E-state index contributed by atoms with van der Waals surface area (Å²) < 4.78 is 0. The molecule has 0 unspecified atom stereocenters. The summed E-state index contributed by atoms with van der Waals surface area (Å²) in [5.74, 6) is 0.237. The van der Waals surface area contributed by atoms with Crippen molar-refractivity contribution in [3.05, 3.63) is 62.7 Å². The van der Waals surface area contributed by atoms with E-state index in [4.69, 9.17) is 11.6 Å². The van der Waals surface area contributed by atoms with Crippen LogP contribution in [0.3, 0.4) is 0 Å². The van der Waals surface area contributed by atoms with Crippen LogP contribution in [0.2, 0.25) is 5.02 Å². The maximum atomic E-state index is 12.9. The molecule has 142 valence electrons. The molecule has 0 radical (unpaired) electrons. The number of benzene rings is 2. The van der Waals surface area contributed by atoms with Crippen LogP contribution in [0.25, 0.3) is 0 Å². The number of aryl methyl sites for hydroxylation is 1. The van der Waals surface area contributed by atoms with Crippen LogP contribution in [-0.4, -0.2) is 23.9 Å². The molecule has 6 nitrogen and oxygen atoms in total. The van der Waals surface area contributed by atoms with Crippen molar-refractivity contribution in [2.75, 3.05) is 23.3 Å². The van der Waals surface area contributed by atoms with Gasteiger partial charge in [0.1, 0.15) is 0 Å². The average Bonchev–Trinajstić information content (AvgIpc) is 2.64. The summed E-state index contributed by atoms with van der Waals surface area (Å²) in [7, 11) is 0. The molecular formula is C20H22ClN3O3. The smallest absolute Gasteiger partial charge is 0.270 e. The van der Waals surface area contributed by atoms with Gasteiger partial charge in [-0.25, -0.2) is 0 Å². The van der Waals surface area contributed by atoms with Crippen LogP contribution in [-0.2, 0) is 0 Å². The second-order valence-electron chi connectivity index (χ2n) is 7.07. The Hall–Kier alpha value is -2.60. The van der Waals surface area contributed by atoms with Gasteiger partial charge in [-0.3, -0.25) is 14.9 Å². The minimum Gasteiger partial charge on any atom is -0.371 e. The topological polar surface area (TPSA) is 75.5 Å². The molecule has 1 heterocycles. The number of halogens is 1. The molecule has 7 heteroatoms. The number of hydrogen-bond donors (Lipinski definition) is 1. The van der Waals surface area contributed by atoms with Crippen molar-refractivity contribution < 1.29 is 9.72 Å². The van der Waals surface area contributed by atoms with Gasteiger partial charge in [0.2, 0.25) is 0 Å². The molecule has 0 bridgehead atoms. The van der Waals surface area contributed by atoms with E-state index in [9.17, 15) is 14.9 Å². The van der Waals surface area contributed by atoms with E-state index in [1.165, 1.54) is 12.1 Å². The largest absolute Gasteiger partial charge is 0.371 e. The van der Waals surface area contributed by atoms with E-state index in [1.54, 1.807) is 18.2 Å². The van der Waals surface area contributed by atoms with Gasteiger partial charge in [0.15, 0.2) is 0 Å². The molecule has 2 aromatic rings. The Labute approximate surface area is 163 Å². The van der Waals surface area contributed by atoms with E-state index in [0.717, 1.165) is 31.5 Å². The number of nitro benzene ring substituents is 1. The summed E-state index contributed by atoms with van der Waals surface area (Å²) in [6.07, 6.45) is 2.06. The van der Waals surface area contributed by atoms with Crippen molar-refractivity contribution in [3.8, 4) is 0 Å². The van der Waals surface area contributed by atoms with E-state index in [2.05, 4.69) is 17.1 Å². The van der Waals surface area contributed by atoms with Crippen molar-refractivity contribution in [1.82, 2.24) is 0 Å². The van der Waals surface area contributed by atoms with Crippen molar-refractivity contribution in [2.24, 2.45) is 5.92 Å². The number of nitrogens with zero attached hydrogens (tertiary/aromatic N) is 2. The molecule has 0 aromatic heterocycles. The first-order valence-corrected chi connectivity index (χ1v) is 9.34. The molecule has 3 rings (SSSR count). The van der Waals surface area contributed by atoms with E-state index < -0.39 is 10.8 Å². The van der Waals surface area contributed by atoms with Crippen molar-refractivity contribution >= 4 is 34.6 Å². The highest BCUT2D eigenvalue weighted by atomic mass is 35.5. The Bertz CT molecular complexity index is 877. The fourth-order valence-corrected chi connectivity index (χ4v) is 3.54. The maximum Gasteiger partial charge on any atom is 0.270 e. The Morgan fingerprint density at radius 2 is 1.93 bits per heavy atom. The molecule has 1 N–H and O–H groups in total. The van der Waals surface area contributed by atoms with Crippen molar-refractivity contribution in [3.63, 3.8) is 0 Å². The zero-order chi connectivity index (χ0) is 19.6. The van der Waals surface area contributed by atoms with E-state index in [-0.39, 0.29) is 11.3 Å². The van der Waals surface area contributed by atoms with Gasteiger partial charge in [0, 0.05) is 25.2 Å². The Balaban J connectivity index is 1.94. The Morgan fingerprint density at radius 1 is 1.22 bits per heavy atom. The quantitative estimate of drug-likeness (QED) is 0.588. The number of hydrogen-bond acceptors (Lipinski definition) is 4. The van der Waals surface area contributed by atoms with Gasteiger partial charge < -0.3 is 10.2 Å². The third kappa shape index (κ3) is 4.39. The second kappa shape index (κ2) is 7.96. The summed E-state index contributed by atoms with van der Waals surface area (Å²) in [5.41, 5.74) is 2.36. The first-order chi connectivity index (χ1) is 12.8. The van der Waals surface area contributed by atoms with E-state index in [1.807, 2.05) is 13.0 Å². The fraction of sp³-hybridized carbons (Fsp3) is 0.350. The van der Waals surface area contributed by atoms with Gasteiger partial charge in [-0.05, 0) is 49.4 Å². The van der Waals surface area contributed by atoms with E-state index >= 15 is 0 Å². The second-order valence-corrected chi connectivity index (χ2v) is 7.47. The third-order valence-corrected chi connectivity index (χ3v) is 5.25. The molecule has 0 saturated carbocycles. The van der Waals surface area contributed by atoms with Gasteiger partial charge in [0.05, 0.1) is 26.9 Å². The molecule has 1 aliphatic heterocycles. The molecule has 1 amide bonds. The van der Waals surface area contributed by atoms with Crippen LogP contribution >= 0.6 is 11.6 Å². The van der Waals surface area contributed by atoms with Crippen molar-refractivity contribution in [2.45, 2.75) is 26.7 Å². The van der Waals surface area contributed by atoms with Crippen molar-refractivity contribution in [1.29, 1.82) is 0 Å². The molecule has 0 atom stereocenters. The Morgan fingerprint density at radius 3 is 2.56 bits per heavy atom. The molecule has 0 aliphatic carbocycles. The SMILES string of the molecule is Cc1ccc(NC(=O)c2cc([N+](=O)[O-])ccc2N2CCC(C)CC2)c(Cl)c1. The molecule has 1 saturated heterocycles. The van der Waals surface area contributed by atoms with Crippen LogP contribution in [0.15, 0.2) is 36.4 Å². The first-order valence-electron chi connectivity index (χ1n) is 8.96.